The summed E-state index contributed by atoms with van der Waals surface area (Å²) in [7, 11) is 0. The zero-order chi connectivity index (χ0) is 17.9. The maximum absolute atomic E-state index is 12.1. The second kappa shape index (κ2) is 7.36. The molecule has 1 amide bonds. The Hall–Kier alpha value is -2.56. The van der Waals surface area contributed by atoms with Crippen LogP contribution >= 0.6 is 34.4 Å². The lowest BCUT2D eigenvalue weighted by molar-refractivity contribution is 0.103. The number of nitrogens with zero attached hydrogens (tertiary/aromatic N) is 3. The molecule has 2 N–H and O–H groups in total. The van der Waals surface area contributed by atoms with E-state index < -0.39 is 0 Å². The molecule has 3 aromatic heterocycles. The van der Waals surface area contributed by atoms with Gasteiger partial charge in [0.1, 0.15) is 5.69 Å². The van der Waals surface area contributed by atoms with Gasteiger partial charge in [-0.15, -0.1) is 21.5 Å². The fourth-order valence-corrected chi connectivity index (χ4v) is 4.48. The van der Waals surface area contributed by atoms with Gasteiger partial charge in [-0.3, -0.25) is 14.9 Å². The maximum Gasteiger partial charge on any atom is 0.271 e. The Balaban J connectivity index is 1.44. The van der Waals surface area contributed by atoms with Crippen molar-refractivity contribution >= 4 is 56.5 Å². The fourth-order valence-electron chi connectivity index (χ4n) is 2.18. The molecule has 0 bridgehead atoms. The Kier molecular flexibility index (Phi) is 4.78. The van der Waals surface area contributed by atoms with Gasteiger partial charge in [-0.2, -0.15) is 0 Å². The Labute approximate surface area is 159 Å². The quantitative estimate of drug-likeness (QED) is 0.393. The number of anilines is 1. The van der Waals surface area contributed by atoms with E-state index in [2.05, 4.69) is 25.5 Å². The van der Waals surface area contributed by atoms with E-state index >= 15 is 0 Å². The zero-order valence-electron chi connectivity index (χ0n) is 13.1. The Morgan fingerprint density at radius 1 is 1.19 bits per heavy atom. The van der Waals surface area contributed by atoms with Crippen LogP contribution in [-0.4, -0.2) is 26.1 Å². The average molecular weight is 401 g/mol. The van der Waals surface area contributed by atoms with Gasteiger partial charge in [0, 0.05) is 5.75 Å². The minimum Gasteiger partial charge on any atom is -0.319 e. The highest BCUT2D eigenvalue weighted by molar-refractivity contribution is 8.00. The number of rotatable bonds is 5. The molecule has 0 saturated carbocycles. The highest BCUT2D eigenvalue weighted by atomic mass is 32.2. The van der Waals surface area contributed by atoms with Gasteiger partial charge in [-0.05, 0) is 23.6 Å². The van der Waals surface area contributed by atoms with E-state index in [9.17, 15) is 9.59 Å². The topological polar surface area (TPSA) is 101 Å². The number of aromatic nitrogens is 4. The number of hydrogen-bond acceptors (Lipinski definition) is 8. The van der Waals surface area contributed by atoms with E-state index in [-0.39, 0.29) is 11.5 Å². The van der Waals surface area contributed by atoms with Gasteiger partial charge in [0.2, 0.25) is 5.13 Å². The lowest BCUT2D eigenvalue weighted by atomic mass is 10.3. The average Bonchev–Trinajstić information content (AvgIpc) is 3.32. The third-order valence-electron chi connectivity index (χ3n) is 3.37. The second-order valence-corrected chi connectivity index (χ2v) is 8.27. The minimum atomic E-state index is -0.216. The molecule has 10 heteroatoms. The van der Waals surface area contributed by atoms with Crippen LogP contribution in [0.25, 0.3) is 11.0 Å². The van der Waals surface area contributed by atoms with Gasteiger partial charge in [0.25, 0.3) is 11.5 Å². The molecule has 7 nitrogen and oxygen atoms in total. The van der Waals surface area contributed by atoms with Gasteiger partial charge in [-0.1, -0.05) is 41.3 Å². The number of thioether (sulfide) groups is 1. The van der Waals surface area contributed by atoms with Crippen molar-refractivity contribution in [3.63, 3.8) is 0 Å². The van der Waals surface area contributed by atoms with Crippen molar-refractivity contribution in [3.05, 3.63) is 62.7 Å². The van der Waals surface area contributed by atoms with Crippen LogP contribution < -0.4 is 10.9 Å². The van der Waals surface area contributed by atoms with Crippen molar-refractivity contribution in [2.75, 3.05) is 5.32 Å². The van der Waals surface area contributed by atoms with Crippen LogP contribution in [0.15, 0.2) is 50.9 Å². The molecular weight excluding hydrogens is 390 g/mol. The third-order valence-corrected chi connectivity index (χ3v) is 6.23. The highest BCUT2D eigenvalue weighted by Crippen LogP contribution is 2.28. The van der Waals surface area contributed by atoms with E-state index in [1.807, 2.05) is 35.7 Å². The lowest BCUT2D eigenvalue weighted by Crippen LogP contribution is -2.14. The van der Waals surface area contributed by atoms with Crippen molar-refractivity contribution < 1.29 is 4.79 Å². The number of benzene rings is 1. The molecule has 0 aliphatic rings. The van der Waals surface area contributed by atoms with Gasteiger partial charge in [-0.25, -0.2) is 4.98 Å². The summed E-state index contributed by atoms with van der Waals surface area (Å²) in [5.74, 6) is 0.161. The van der Waals surface area contributed by atoms with E-state index in [1.165, 1.54) is 34.4 Å². The molecule has 4 aromatic rings. The molecule has 0 spiro atoms. The summed E-state index contributed by atoms with van der Waals surface area (Å²) >= 11 is 3.98. The molecule has 4 rings (SSSR count). The van der Waals surface area contributed by atoms with E-state index in [1.54, 1.807) is 6.07 Å². The summed E-state index contributed by atoms with van der Waals surface area (Å²) in [6.45, 7) is 0. The number of nitrogens with one attached hydrogen (secondary N) is 2. The van der Waals surface area contributed by atoms with Crippen molar-refractivity contribution in [3.8, 4) is 0 Å². The molecule has 1 aromatic carbocycles. The number of fused-ring (bicyclic) bond motifs is 1. The number of hydrogen-bond donors (Lipinski definition) is 2. The molecule has 0 fully saturated rings. The number of H-pyrrole nitrogens is 1. The first kappa shape index (κ1) is 16.9. The summed E-state index contributed by atoms with van der Waals surface area (Å²) in [5.41, 5.74) is 1.66. The first-order valence-corrected chi connectivity index (χ1v) is 10.2. The summed E-state index contributed by atoms with van der Waals surface area (Å²) in [5, 5.41) is 13.0. The van der Waals surface area contributed by atoms with Crippen LogP contribution in [0.5, 0.6) is 0 Å². The van der Waals surface area contributed by atoms with Crippen LogP contribution in [0.4, 0.5) is 5.13 Å². The van der Waals surface area contributed by atoms with Gasteiger partial charge >= 0.3 is 0 Å². The standard InChI is InChI=1S/C16H11N5O2S3/c22-13-11(17-9-4-1-2-5-10(9)18-13)8-25-16-21-20-15(26-16)19-14(23)12-6-3-7-24-12/h1-7H,8H2,(H,18,22)(H,19,20,23). The SMILES string of the molecule is O=C(Nc1nnc(SCc2nc3ccccc3[nH]c2=O)s1)c1cccs1. The van der Waals surface area contributed by atoms with Crippen LogP contribution in [0, 0.1) is 0 Å². The first-order valence-electron chi connectivity index (χ1n) is 7.48. The summed E-state index contributed by atoms with van der Waals surface area (Å²) < 4.78 is 0.654. The van der Waals surface area contributed by atoms with Gasteiger partial charge in [0.05, 0.1) is 15.9 Å². The highest BCUT2D eigenvalue weighted by Gasteiger charge is 2.12. The lowest BCUT2D eigenvalue weighted by Gasteiger charge is -2.00. The summed E-state index contributed by atoms with van der Waals surface area (Å²) in [6, 6.07) is 10.9. The number of thiophene rings is 1. The smallest absolute Gasteiger partial charge is 0.271 e. The number of amides is 1. The van der Waals surface area contributed by atoms with E-state index in [0.29, 0.717) is 31.3 Å². The third kappa shape index (κ3) is 3.66. The molecule has 0 atom stereocenters. The van der Waals surface area contributed by atoms with Crippen LogP contribution in [0.3, 0.4) is 0 Å². The number of aromatic amines is 1. The van der Waals surface area contributed by atoms with Crippen molar-refractivity contribution in [1.82, 2.24) is 20.2 Å². The molecule has 130 valence electrons. The fraction of sp³-hybridized carbons (Fsp3) is 0.0625. The first-order chi connectivity index (χ1) is 12.7. The molecule has 3 heterocycles. The van der Waals surface area contributed by atoms with Crippen LogP contribution in [0.1, 0.15) is 15.4 Å². The van der Waals surface area contributed by atoms with Crippen LogP contribution in [0.2, 0.25) is 0 Å². The van der Waals surface area contributed by atoms with E-state index in [0.717, 1.165) is 5.52 Å². The van der Waals surface area contributed by atoms with Crippen LogP contribution in [-0.2, 0) is 5.75 Å². The molecule has 0 unspecified atom stereocenters. The minimum absolute atomic E-state index is 0.208. The molecule has 26 heavy (non-hydrogen) atoms. The normalized spacial score (nSPS) is 10.9. The number of carbonyl (C=O) groups is 1. The molecule has 0 radical (unpaired) electrons. The monoisotopic (exact) mass is 401 g/mol. The van der Waals surface area contributed by atoms with Crippen molar-refractivity contribution in [1.29, 1.82) is 0 Å². The van der Waals surface area contributed by atoms with Gasteiger partial charge in [0.15, 0.2) is 4.34 Å². The number of carbonyl (C=O) groups excluding carboxylic acids is 1. The molecule has 0 aliphatic heterocycles. The van der Waals surface area contributed by atoms with Gasteiger partial charge < -0.3 is 4.98 Å². The zero-order valence-corrected chi connectivity index (χ0v) is 15.6. The predicted octanol–water partition coefficient (Wildman–Crippen LogP) is 3.38. The Bertz CT molecular complexity index is 1120. The molecule has 0 saturated heterocycles. The van der Waals surface area contributed by atoms with E-state index in [4.69, 9.17) is 0 Å². The Morgan fingerprint density at radius 2 is 2.08 bits per heavy atom. The number of para-hydroxylation sites is 2. The molecule has 0 aliphatic carbocycles. The second-order valence-electron chi connectivity index (χ2n) is 5.12. The van der Waals surface area contributed by atoms with Crippen molar-refractivity contribution in [2.45, 2.75) is 10.1 Å². The summed E-state index contributed by atoms with van der Waals surface area (Å²) in [6.07, 6.45) is 0. The Morgan fingerprint density at radius 3 is 2.92 bits per heavy atom. The van der Waals surface area contributed by atoms with Crippen molar-refractivity contribution in [2.24, 2.45) is 0 Å². The largest absolute Gasteiger partial charge is 0.319 e. The maximum atomic E-state index is 12.1. The predicted molar refractivity (Wildman–Crippen MR) is 104 cm³/mol. The summed E-state index contributed by atoms with van der Waals surface area (Å²) in [4.78, 5) is 32.0. The molecular formula is C16H11N5O2S3.